The van der Waals surface area contributed by atoms with Crippen molar-refractivity contribution in [3.05, 3.63) is 76.4 Å². The van der Waals surface area contributed by atoms with Crippen molar-refractivity contribution in [1.82, 2.24) is 4.72 Å². The van der Waals surface area contributed by atoms with Gasteiger partial charge in [-0.1, -0.05) is 48.5 Å². The number of sulfonamides is 1. The highest BCUT2D eigenvalue weighted by Gasteiger charge is 2.32. The Kier molecular flexibility index (Phi) is 4.77. The largest absolute Gasteiger partial charge is 0.267 e. The maximum Gasteiger partial charge on any atom is 0.264 e. The lowest BCUT2D eigenvalue weighted by Gasteiger charge is -2.06. The normalized spacial score (nSPS) is 17.8. The van der Waals surface area contributed by atoms with Gasteiger partial charge in [-0.3, -0.25) is 9.71 Å². The molecule has 0 fully saturated rings. The molecule has 2 aromatic carbocycles. The van der Waals surface area contributed by atoms with Crippen molar-refractivity contribution in [3.8, 4) is 0 Å². The van der Waals surface area contributed by atoms with Gasteiger partial charge in [0.25, 0.3) is 10.0 Å². The number of nitrogens with one attached hydrogen (secondary N) is 1. The third kappa shape index (κ3) is 3.66. The number of nitrogens with zero attached hydrogens (tertiary/aromatic N) is 1. The number of hydrogen-bond acceptors (Lipinski definition) is 3. The zero-order valence-electron chi connectivity index (χ0n) is 14.7. The van der Waals surface area contributed by atoms with E-state index in [1.54, 1.807) is 0 Å². The van der Waals surface area contributed by atoms with Crippen LogP contribution in [0, 0.1) is 13.8 Å². The highest BCUT2D eigenvalue weighted by molar-refractivity contribution is 8.00. The fourth-order valence-electron chi connectivity index (χ4n) is 2.91. The number of amidine groups is 1. The molecule has 0 atom stereocenters. The van der Waals surface area contributed by atoms with Gasteiger partial charge in [0.2, 0.25) is 0 Å². The molecule has 2 aromatic rings. The summed E-state index contributed by atoms with van der Waals surface area (Å²) in [4.78, 5) is 4.81. The predicted octanol–water partition coefficient (Wildman–Crippen LogP) is 3.61. The maximum absolute atomic E-state index is 12.6. The Labute approximate surface area is 149 Å². The van der Waals surface area contributed by atoms with Crippen LogP contribution in [0.25, 0.3) is 4.91 Å². The Hall–Kier alpha value is -2.40. The fourth-order valence-corrected chi connectivity index (χ4v) is 4.42. The van der Waals surface area contributed by atoms with Crippen molar-refractivity contribution in [3.63, 3.8) is 0 Å². The highest BCUT2D eigenvalue weighted by atomic mass is 32.2. The van der Waals surface area contributed by atoms with Gasteiger partial charge in [-0.25, -0.2) is 8.42 Å². The Balaban J connectivity index is 1.89. The Morgan fingerprint density at radius 3 is 2.36 bits per heavy atom. The minimum Gasteiger partial charge on any atom is -0.267 e. The lowest BCUT2D eigenvalue weighted by Crippen LogP contribution is -2.24. The van der Waals surface area contributed by atoms with Crippen LogP contribution in [0.4, 0.5) is 0 Å². The Morgan fingerprint density at radius 2 is 1.68 bits per heavy atom. The van der Waals surface area contributed by atoms with Gasteiger partial charge in [0.15, 0.2) is 0 Å². The van der Waals surface area contributed by atoms with Crippen LogP contribution in [0.1, 0.15) is 29.2 Å². The second-order valence-corrected chi connectivity index (χ2v) is 7.94. The van der Waals surface area contributed by atoms with E-state index in [1.807, 2.05) is 69.3 Å². The van der Waals surface area contributed by atoms with Crippen molar-refractivity contribution in [1.29, 1.82) is 0 Å². The molecule has 1 aliphatic heterocycles. The van der Waals surface area contributed by atoms with Gasteiger partial charge in [0.1, 0.15) is 10.7 Å². The summed E-state index contributed by atoms with van der Waals surface area (Å²) in [5, 5.41) is 0. The summed E-state index contributed by atoms with van der Waals surface area (Å²) < 4.78 is 27.7. The molecule has 0 saturated carbocycles. The summed E-state index contributed by atoms with van der Waals surface area (Å²) in [7, 11) is -3.56. The van der Waals surface area contributed by atoms with E-state index in [9.17, 15) is 8.42 Å². The zero-order chi connectivity index (χ0) is 18.0. The van der Waals surface area contributed by atoms with E-state index < -0.39 is 10.0 Å². The Bertz CT molecular complexity index is 958. The number of rotatable bonds is 4. The first kappa shape index (κ1) is 17.4. The molecule has 1 aliphatic rings. The lowest BCUT2D eigenvalue weighted by atomic mass is 10.0. The molecular weight excluding hydrogens is 332 g/mol. The average molecular weight is 354 g/mol. The molecule has 0 unspecified atom stereocenters. The molecule has 1 heterocycles. The van der Waals surface area contributed by atoms with E-state index in [4.69, 9.17) is 0 Å². The van der Waals surface area contributed by atoms with E-state index in [1.165, 1.54) is 5.56 Å². The second kappa shape index (κ2) is 6.84. The van der Waals surface area contributed by atoms with Crippen LogP contribution >= 0.6 is 0 Å². The zero-order valence-corrected chi connectivity index (χ0v) is 15.5. The highest BCUT2D eigenvalue weighted by Crippen LogP contribution is 2.30. The van der Waals surface area contributed by atoms with Crippen molar-refractivity contribution < 1.29 is 8.42 Å². The summed E-state index contributed by atoms with van der Waals surface area (Å²) in [6.07, 6.45) is 0.776. The summed E-state index contributed by atoms with van der Waals surface area (Å²) in [5.74, 6) is 0.448. The fraction of sp³-hybridized carbons (Fsp3) is 0.250. The van der Waals surface area contributed by atoms with E-state index in [0.717, 1.165) is 17.5 Å². The van der Waals surface area contributed by atoms with Gasteiger partial charge >= 0.3 is 0 Å². The van der Waals surface area contributed by atoms with Crippen molar-refractivity contribution in [2.45, 2.75) is 27.2 Å². The van der Waals surface area contributed by atoms with E-state index in [2.05, 4.69) is 9.71 Å². The molecule has 4 nitrogen and oxygen atoms in total. The molecule has 3 rings (SSSR count). The van der Waals surface area contributed by atoms with Crippen LogP contribution < -0.4 is 4.72 Å². The standard InChI is InChI=1S/C20H22N2O2S/c1-14-9-10-18(13-15(14)2)19-16(3)20(22-25(19,23)24)21-12-11-17-7-5-4-6-8-17/h4-10,13H,11-12H2,1-3H3,(H,21,22). The quantitative estimate of drug-likeness (QED) is 0.912. The molecular formula is C20H22N2O2S. The van der Waals surface area contributed by atoms with Gasteiger partial charge < -0.3 is 0 Å². The molecule has 0 aromatic heterocycles. The minimum atomic E-state index is -3.56. The summed E-state index contributed by atoms with van der Waals surface area (Å²) in [5.41, 5.74) is 4.78. The van der Waals surface area contributed by atoms with Crippen LogP contribution in [0.2, 0.25) is 0 Å². The first-order valence-electron chi connectivity index (χ1n) is 8.28. The van der Waals surface area contributed by atoms with Gasteiger partial charge in [-0.2, -0.15) is 0 Å². The van der Waals surface area contributed by atoms with Crippen molar-refractivity contribution in [2.24, 2.45) is 4.99 Å². The van der Waals surface area contributed by atoms with E-state index >= 15 is 0 Å². The molecule has 1 N–H and O–H groups in total. The van der Waals surface area contributed by atoms with Gasteiger partial charge in [0.05, 0.1) is 0 Å². The molecule has 0 bridgehead atoms. The molecule has 0 saturated heterocycles. The maximum atomic E-state index is 12.6. The minimum absolute atomic E-state index is 0.328. The third-order valence-electron chi connectivity index (χ3n) is 4.48. The molecule has 0 amide bonds. The van der Waals surface area contributed by atoms with Gasteiger partial charge in [-0.05, 0) is 49.4 Å². The second-order valence-electron chi connectivity index (χ2n) is 6.32. The number of aryl methyl sites for hydroxylation is 2. The number of benzene rings is 2. The SMILES string of the molecule is CC1=C(c2ccc(C)c(C)c2)S(=O)(=O)NC1=NCCc1ccccc1. The van der Waals surface area contributed by atoms with Crippen LogP contribution in [-0.4, -0.2) is 20.8 Å². The monoisotopic (exact) mass is 354 g/mol. The van der Waals surface area contributed by atoms with Gasteiger partial charge in [0, 0.05) is 12.1 Å². The molecule has 5 heteroatoms. The first-order valence-corrected chi connectivity index (χ1v) is 9.77. The molecule has 130 valence electrons. The summed E-state index contributed by atoms with van der Waals surface area (Å²) in [6.45, 7) is 6.35. The van der Waals surface area contributed by atoms with Crippen LogP contribution in [-0.2, 0) is 16.4 Å². The predicted molar refractivity (Wildman–Crippen MR) is 103 cm³/mol. The van der Waals surface area contributed by atoms with Gasteiger partial charge in [-0.15, -0.1) is 0 Å². The van der Waals surface area contributed by atoms with Crippen LogP contribution in [0.3, 0.4) is 0 Å². The van der Waals surface area contributed by atoms with Crippen LogP contribution in [0.15, 0.2) is 59.1 Å². The Morgan fingerprint density at radius 1 is 0.960 bits per heavy atom. The average Bonchev–Trinajstić information content (AvgIpc) is 2.80. The van der Waals surface area contributed by atoms with Crippen molar-refractivity contribution in [2.75, 3.05) is 6.54 Å². The lowest BCUT2D eigenvalue weighted by molar-refractivity contribution is 0.603. The molecule has 25 heavy (non-hydrogen) atoms. The number of aliphatic imine (C=N–C) groups is 1. The third-order valence-corrected chi connectivity index (χ3v) is 6.02. The topological polar surface area (TPSA) is 58.5 Å². The molecule has 0 spiro atoms. The smallest absolute Gasteiger partial charge is 0.264 e. The van der Waals surface area contributed by atoms with Crippen LogP contribution in [0.5, 0.6) is 0 Å². The van der Waals surface area contributed by atoms with E-state index in [0.29, 0.717) is 28.4 Å². The molecule has 0 radical (unpaired) electrons. The summed E-state index contributed by atoms with van der Waals surface area (Å²) in [6, 6.07) is 15.8. The van der Waals surface area contributed by atoms with E-state index in [-0.39, 0.29) is 0 Å². The summed E-state index contributed by atoms with van der Waals surface area (Å²) >= 11 is 0. The molecule has 0 aliphatic carbocycles. The number of hydrogen-bond donors (Lipinski definition) is 1. The van der Waals surface area contributed by atoms with Crippen molar-refractivity contribution >= 4 is 20.8 Å². The first-order chi connectivity index (χ1) is 11.9.